The summed E-state index contributed by atoms with van der Waals surface area (Å²) in [7, 11) is 0. The predicted octanol–water partition coefficient (Wildman–Crippen LogP) is 3.09. The quantitative estimate of drug-likeness (QED) is 0.839. The van der Waals surface area contributed by atoms with Crippen molar-refractivity contribution in [1.29, 1.82) is 0 Å². The Morgan fingerprint density at radius 1 is 1.46 bits per heavy atom. The number of halogens is 1. The molecule has 0 aliphatic rings. The fourth-order valence-electron chi connectivity index (χ4n) is 1.34. The van der Waals surface area contributed by atoms with Crippen LogP contribution < -0.4 is 5.73 Å². The van der Waals surface area contributed by atoms with Crippen molar-refractivity contribution in [3.63, 3.8) is 0 Å². The fourth-order valence-corrected chi connectivity index (χ4v) is 2.38. The van der Waals surface area contributed by atoms with Gasteiger partial charge in [-0.05, 0) is 30.9 Å². The van der Waals surface area contributed by atoms with Crippen molar-refractivity contribution in [3.05, 3.63) is 34.9 Å². The fraction of sp³-hybridized carbons (Fsp3) is 0.400. The Bertz CT molecular complexity index is 275. The highest BCUT2D eigenvalue weighted by molar-refractivity contribution is 7.98. The van der Waals surface area contributed by atoms with Gasteiger partial charge < -0.3 is 5.73 Å². The molecule has 0 saturated heterocycles. The van der Waals surface area contributed by atoms with Crippen molar-refractivity contribution >= 4 is 23.4 Å². The molecule has 0 aliphatic heterocycles. The van der Waals surface area contributed by atoms with Gasteiger partial charge in [0.05, 0.1) is 0 Å². The Morgan fingerprint density at radius 2 is 2.15 bits per heavy atom. The number of thioether (sulfide) groups is 1. The van der Waals surface area contributed by atoms with Crippen molar-refractivity contribution in [3.8, 4) is 0 Å². The van der Waals surface area contributed by atoms with Crippen LogP contribution in [0.15, 0.2) is 24.3 Å². The third-order valence-electron chi connectivity index (χ3n) is 1.91. The van der Waals surface area contributed by atoms with Gasteiger partial charge in [0.1, 0.15) is 0 Å². The Balaban J connectivity index is 2.91. The number of rotatable bonds is 3. The monoisotopic (exact) mass is 215 g/mol. The molecule has 0 radical (unpaired) electrons. The standard InChI is InChI=1S/C10H14ClNS/c1-7(12)10(13-2)8-4-3-5-9(11)6-8/h3-7,10H,12H2,1-2H3. The first kappa shape index (κ1) is 10.9. The van der Waals surface area contributed by atoms with Crippen LogP contribution in [0, 0.1) is 0 Å². The lowest BCUT2D eigenvalue weighted by Gasteiger charge is -2.18. The van der Waals surface area contributed by atoms with E-state index in [2.05, 4.69) is 12.3 Å². The molecule has 0 spiro atoms. The molecular weight excluding hydrogens is 202 g/mol. The molecule has 2 atom stereocenters. The van der Waals surface area contributed by atoms with Crippen molar-refractivity contribution in [1.82, 2.24) is 0 Å². The normalized spacial score (nSPS) is 15.4. The Morgan fingerprint density at radius 3 is 2.62 bits per heavy atom. The van der Waals surface area contributed by atoms with E-state index in [-0.39, 0.29) is 6.04 Å². The molecule has 3 heteroatoms. The van der Waals surface area contributed by atoms with E-state index in [1.54, 1.807) is 11.8 Å². The van der Waals surface area contributed by atoms with Crippen LogP contribution in [0.3, 0.4) is 0 Å². The topological polar surface area (TPSA) is 26.0 Å². The van der Waals surface area contributed by atoms with Crippen LogP contribution in [0.25, 0.3) is 0 Å². The largest absolute Gasteiger partial charge is 0.327 e. The lowest BCUT2D eigenvalue weighted by molar-refractivity contribution is 0.723. The molecule has 0 saturated carbocycles. The maximum absolute atomic E-state index is 5.90. The van der Waals surface area contributed by atoms with Gasteiger partial charge in [-0.3, -0.25) is 0 Å². The molecule has 0 fully saturated rings. The van der Waals surface area contributed by atoms with Gasteiger partial charge in [0.15, 0.2) is 0 Å². The molecule has 1 aromatic rings. The highest BCUT2D eigenvalue weighted by Crippen LogP contribution is 2.30. The molecule has 0 aliphatic carbocycles. The zero-order valence-electron chi connectivity index (χ0n) is 7.83. The van der Waals surface area contributed by atoms with Crippen molar-refractivity contribution in [2.45, 2.75) is 18.2 Å². The summed E-state index contributed by atoms with van der Waals surface area (Å²) >= 11 is 7.66. The minimum absolute atomic E-state index is 0.147. The van der Waals surface area contributed by atoms with Crippen LogP contribution >= 0.6 is 23.4 Å². The summed E-state index contributed by atoms with van der Waals surface area (Å²) in [5.74, 6) is 0. The number of benzene rings is 1. The Kier molecular flexibility index (Phi) is 4.10. The van der Waals surface area contributed by atoms with Gasteiger partial charge in [-0.2, -0.15) is 11.8 Å². The van der Waals surface area contributed by atoms with Gasteiger partial charge in [-0.15, -0.1) is 0 Å². The highest BCUT2D eigenvalue weighted by atomic mass is 35.5. The smallest absolute Gasteiger partial charge is 0.0443 e. The molecule has 1 aromatic carbocycles. The summed E-state index contributed by atoms with van der Waals surface area (Å²) in [5, 5.41) is 1.11. The number of hydrogen-bond acceptors (Lipinski definition) is 2. The summed E-state index contributed by atoms with van der Waals surface area (Å²) in [5.41, 5.74) is 7.07. The Labute approximate surface area is 88.7 Å². The lowest BCUT2D eigenvalue weighted by atomic mass is 10.1. The second kappa shape index (κ2) is 4.89. The average Bonchev–Trinajstić information content (AvgIpc) is 2.04. The van der Waals surface area contributed by atoms with E-state index < -0.39 is 0 Å². The third kappa shape index (κ3) is 2.90. The van der Waals surface area contributed by atoms with Crippen LogP contribution in [0.1, 0.15) is 17.7 Å². The van der Waals surface area contributed by atoms with Crippen LogP contribution in [0.2, 0.25) is 5.02 Å². The van der Waals surface area contributed by atoms with Gasteiger partial charge in [-0.25, -0.2) is 0 Å². The number of nitrogens with two attached hydrogens (primary N) is 1. The summed E-state index contributed by atoms with van der Waals surface area (Å²) in [6, 6.07) is 8.03. The SMILES string of the molecule is CSC(c1cccc(Cl)c1)C(C)N. The van der Waals surface area contributed by atoms with Crippen molar-refractivity contribution < 1.29 is 0 Å². The molecule has 2 unspecified atom stereocenters. The van der Waals surface area contributed by atoms with E-state index in [1.807, 2.05) is 25.1 Å². The summed E-state index contributed by atoms with van der Waals surface area (Å²) < 4.78 is 0. The molecule has 1 nitrogen and oxygen atoms in total. The van der Waals surface area contributed by atoms with Crippen LogP contribution in [-0.2, 0) is 0 Å². The summed E-state index contributed by atoms with van der Waals surface area (Å²) in [4.78, 5) is 0. The second-order valence-corrected chi connectivity index (χ2v) is 4.49. The van der Waals surface area contributed by atoms with Crippen LogP contribution in [-0.4, -0.2) is 12.3 Å². The first-order chi connectivity index (χ1) is 6.15. The zero-order chi connectivity index (χ0) is 9.84. The Hall–Kier alpha value is -0.180. The lowest BCUT2D eigenvalue weighted by Crippen LogP contribution is -2.22. The number of hydrogen-bond donors (Lipinski definition) is 1. The molecule has 2 N–H and O–H groups in total. The maximum Gasteiger partial charge on any atom is 0.0443 e. The predicted molar refractivity (Wildman–Crippen MR) is 61.4 cm³/mol. The molecule has 0 heterocycles. The maximum atomic E-state index is 5.90. The van der Waals surface area contributed by atoms with Gasteiger partial charge in [-0.1, -0.05) is 23.7 Å². The van der Waals surface area contributed by atoms with Crippen molar-refractivity contribution in [2.24, 2.45) is 5.73 Å². The van der Waals surface area contributed by atoms with Crippen LogP contribution in [0.4, 0.5) is 0 Å². The first-order valence-electron chi connectivity index (χ1n) is 4.19. The minimum atomic E-state index is 0.147. The zero-order valence-corrected chi connectivity index (χ0v) is 9.40. The molecule has 0 aromatic heterocycles. The van der Waals surface area contributed by atoms with Gasteiger partial charge in [0.2, 0.25) is 0 Å². The van der Waals surface area contributed by atoms with E-state index in [9.17, 15) is 0 Å². The van der Waals surface area contributed by atoms with Gasteiger partial charge in [0, 0.05) is 16.3 Å². The van der Waals surface area contributed by atoms with Gasteiger partial charge >= 0.3 is 0 Å². The third-order valence-corrected chi connectivity index (χ3v) is 3.35. The molecular formula is C10H14ClNS. The van der Waals surface area contributed by atoms with Crippen LogP contribution in [0.5, 0.6) is 0 Å². The average molecular weight is 216 g/mol. The van der Waals surface area contributed by atoms with E-state index in [0.29, 0.717) is 5.25 Å². The molecule has 0 bridgehead atoms. The first-order valence-corrected chi connectivity index (χ1v) is 5.85. The molecule has 13 heavy (non-hydrogen) atoms. The minimum Gasteiger partial charge on any atom is -0.327 e. The summed E-state index contributed by atoms with van der Waals surface area (Å²) in [6.45, 7) is 2.02. The van der Waals surface area contributed by atoms with Crippen molar-refractivity contribution in [2.75, 3.05) is 6.26 Å². The van der Waals surface area contributed by atoms with Gasteiger partial charge in [0.25, 0.3) is 0 Å². The van der Waals surface area contributed by atoms with E-state index in [1.165, 1.54) is 5.56 Å². The summed E-state index contributed by atoms with van der Waals surface area (Å²) in [6.07, 6.45) is 2.06. The van der Waals surface area contributed by atoms with E-state index >= 15 is 0 Å². The van der Waals surface area contributed by atoms with E-state index in [4.69, 9.17) is 17.3 Å². The molecule has 1 rings (SSSR count). The highest BCUT2D eigenvalue weighted by Gasteiger charge is 2.14. The molecule has 72 valence electrons. The second-order valence-electron chi connectivity index (χ2n) is 3.07. The van der Waals surface area contributed by atoms with E-state index in [0.717, 1.165) is 5.02 Å². The molecule has 0 amide bonds.